The SMILES string of the molecule is CCOc1cc(/C=C2\N=C(c3cc([N+](=O)[O-])ccc3Cl)OC2=O)cc(Br)c1OC(=O)c1ccccc1. The number of non-ortho nitro benzene ring substituents is 1. The van der Waals surface area contributed by atoms with Gasteiger partial charge in [0.05, 0.1) is 32.2 Å². The fraction of sp³-hybridized carbons (Fsp3) is 0.0800. The van der Waals surface area contributed by atoms with E-state index in [9.17, 15) is 19.7 Å². The molecule has 4 rings (SSSR count). The predicted octanol–water partition coefficient (Wildman–Crippen LogP) is 5.97. The molecule has 0 amide bonds. The first-order chi connectivity index (χ1) is 17.3. The van der Waals surface area contributed by atoms with Gasteiger partial charge < -0.3 is 14.2 Å². The predicted molar refractivity (Wildman–Crippen MR) is 135 cm³/mol. The van der Waals surface area contributed by atoms with Crippen molar-refractivity contribution in [2.75, 3.05) is 6.61 Å². The van der Waals surface area contributed by atoms with E-state index in [1.807, 2.05) is 0 Å². The standard InChI is InChI=1S/C25H16BrClN2O7/c1-2-34-21-12-14(10-18(26)22(21)35-24(30)15-6-4-3-5-7-15)11-20-25(31)36-23(28-20)17-13-16(29(32)33)8-9-19(17)27/h3-13H,2H2,1H3/b20-11-. The van der Waals surface area contributed by atoms with Crippen LogP contribution < -0.4 is 9.47 Å². The van der Waals surface area contributed by atoms with Gasteiger partial charge in [0, 0.05) is 12.1 Å². The zero-order chi connectivity index (χ0) is 25.8. The molecule has 36 heavy (non-hydrogen) atoms. The van der Waals surface area contributed by atoms with E-state index >= 15 is 0 Å². The maximum Gasteiger partial charge on any atom is 0.363 e. The second kappa shape index (κ2) is 10.7. The molecule has 9 nitrogen and oxygen atoms in total. The molecule has 1 heterocycles. The Kier molecular flexibility index (Phi) is 7.47. The molecule has 11 heteroatoms. The van der Waals surface area contributed by atoms with Crippen LogP contribution in [0.3, 0.4) is 0 Å². The minimum Gasteiger partial charge on any atom is -0.490 e. The average molecular weight is 572 g/mol. The van der Waals surface area contributed by atoms with Crippen LogP contribution in [-0.4, -0.2) is 29.4 Å². The highest BCUT2D eigenvalue weighted by Gasteiger charge is 2.27. The van der Waals surface area contributed by atoms with Gasteiger partial charge in [0.1, 0.15) is 0 Å². The van der Waals surface area contributed by atoms with Crippen molar-refractivity contribution in [1.82, 2.24) is 0 Å². The number of benzene rings is 3. The zero-order valence-electron chi connectivity index (χ0n) is 18.6. The van der Waals surface area contributed by atoms with Crippen LogP contribution in [0.1, 0.15) is 28.4 Å². The van der Waals surface area contributed by atoms with Crippen LogP contribution >= 0.6 is 27.5 Å². The summed E-state index contributed by atoms with van der Waals surface area (Å²) in [6.45, 7) is 2.06. The average Bonchev–Trinajstić information content (AvgIpc) is 3.21. The first-order valence-electron chi connectivity index (χ1n) is 10.5. The van der Waals surface area contributed by atoms with Crippen molar-refractivity contribution >= 4 is 57.1 Å². The van der Waals surface area contributed by atoms with E-state index in [-0.39, 0.29) is 46.0 Å². The Balaban J connectivity index is 1.67. The smallest absolute Gasteiger partial charge is 0.363 e. The van der Waals surface area contributed by atoms with Gasteiger partial charge in [-0.15, -0.1) is 0 Å². The molecule has 0 radical (unpaired) electrons. The molecule has 0 saturated heterocycles. The summed E-state index contributed by atoms with van der Waals surface area (Å²) >= 11 is 9.53. The Morgan fingerprint density at radius 2 is 1.94 bits per heavy atom. The molecule has 182 valence electrons. The molecule has 3 aromatic rings. The summed E-state index contributed by atoms with van der Waals surface area (Å²) in [7, 11) is 0. The molecule has 0 atom stereocenters. The third-order valence-corrected chi connectivity index (χ3v) is 5.77. The molecule has 0 aromatic heterocycles. The fourth-order valence-corrected chi connectivity index (χ4v) is 3.97. The van der Waals surface area contributed by atoms with E-state index in [1.54, 1.807) is 49.4 Å². The number of nitrogens with zero attached hydrogens (tertiary/aromatic N) is 2. The van der Waals surface area contributed by atoms with Gasteiger partial charge in [-0.1, -0.05) is 29.8 Å². The van der Waals surface area contributed by atoms with Crippen molar-refractivity contribution in [3.8, 4) is 11.5 Å². The van der Waals surface area contributed by atoms with Crippen molar-refractivity contribution in [2.45, 2.75) is 6.92 Å². The van der Waals surface area contributed by atoms with Crippen molar-refractivity contribution in [3.63, 3.8) is 0 Å². The highest BCUT2D eigenvalue weighted by molar-refractivity contribution is 9.10. The number of hydrogen-bond donors (Lipinski definition) is 0. The van der Waals surface area contributed by atoms with E-state index in [1.165, 1.54) is 24.3 Å². The van der Waals surface area contributed by atoms with Crippen LogP contribution in [0, 0.1) is 10.1 Å². The van der Waals surface area contributed by atoms with Crippen LogP contribution in [0.25, 0.3) is 6.08 Å². The van der Waals surface area contributed by atoms with Crippen molar-refractivity contribution in [2.24, 2.45) is 4.99 Å². The fourth-order valence-electron chi connectivity index (χ4n) is 3.23. The van der Waals surface area contributed by atoms with E-state index in [0.29, 0.717) is 15.6 Å². The molecule has 0 saturated carbocycles. The lowest BCUT2D eigenvalue weighted by Gasteiger charge is -2.13. The van der Waals surface area contributed by atoms with Crippen molar-refractivity contribution in [1.29, 1.82) is 0 Å². The Hall–Kier alpha value is -4.02. The molecule has 3 aromatic carbocycles. The number of halogens is 2. The van der Waals surface area contributed by atoms with Gasteiger partial charge in [0.2, 0.25) is 5.90 Å². The van der Waals surface area contributed by atoms with Crippen molar-refractivity contribution < 1.29 is 28.7 Å². The highest BCUT2D eigenvalue weighted by atomic mass is 79.9. The number of aliphatic imine (C=N–C) groups is 1. The van der Waals surface area contributed by atoms with Gasteiger partial charge in [-0.2, -0.15) is 0 Å². The van der Waals surface area contributed by atoms with Gasteiger partial charge in [0.15, 0.2) is 17.2 Å². The summed E-state index contributed by atoms with van der Waals surface area (Å²) in [5.74, 6) is -1.04. The number of cyclic esters (lactones) is 1. The molecule has 0 fully saturated rings. The van der Waals surface area contributed by atoms with E-state index in [4.69, 9.17) is 25.8 Å². The molecular weight excluding hydrogens is 556 g/mol. The van der Waals surface area contributed by atoms with Gasteiger partial charge in [0.25, 0.3) is 5.69 Å². The Bertz CT molecular complexity index is 1440. The minimum atomic E-state index is -0.763. The molecule has 0 spiro atoms. The van der Waals surface area contributed by atoms with Gasteiger partial charge in [-0.05, 0) is 64.8 Å². The molecule has 0 aliphatic carbocycles. The second-order valence-corrected chi connectivity index (χ2v) is 8.54. The summed E-state index contributed by atoms with van der Waals surface area (Å²) in [4.78, 5) is 39.7. The van der Waals surface area contributed by atoms with Crippen LogP contribution in [0.2, 0.25) is 5.02 Å². The zero-order valence-corrected chi connectivity index (χ0v) is 20.9. The highest BCUT2D eigenvalue weighted by Crippen LogP contribution is 2.38. The largest absolute Gasteiger partial charge is 0.490 e. The second-order valence-electron chi connectivity index (χ2n) is 7.28. The number of carbonyl (C=O) groups excluding carboxylic acids is 2. The van der Waals surface area contributed by atoms with Gasteiger partial charge in [-0.3, -0.25) is 10.1 Å². The van der Waals surface area contributed by atoms with Crippen molar-refractivity contribution in [3.05, 3.63) is 103 Å². The number of carbonyl (C=O) groups is 2. The molecule has 1 aliphatic rings. The van der Waals surface area contributed by atoms with E-state index < -0.39 is 16.9 Å². The maximum absolute atomic E-state index is 12.6. The molecule has 0 unspecified atom stereocenters. The number of rotatable bonds is 7. The molecule has 0 N–H and O–H groups in total. The summed E-state index contributed by atoms with van der Waals surface area (Å²) in [5.41, 5.74) is 0.690. The third kappa shape index (κ3) is 5.45. The number of ether oxygens (including phenoxy) is 3. The summed E-state index contributed by atoms with van der Waals surface area (Å²) < 4.78 is 16.8. The van der Waals surface area contributed by atoms with Crippen LogP contribution in [0.4, 0.5) is 5.69 Å². The van der Waals surface area contributed by atoms with Gasteiger partial charge >= 0.3 is 11.9 Å². The lowest BCUT2D eigenvalue weighted by atomic mass is 10.1. The maximum atomic E-state index is 12.6. The van der Waals surface area contributed by atoms with Crippen LogP contribution in [0.5, 0.6) is 11.5 Å². The Labute approximate surface area is 218 Å². The van der Waals surface area contributed by atoms with Crippen LogP contribution in [0.15, 0.2) is 75.8 Å². The number of nitro benzene ring substituents is 1. The number of esters is 2. The minimum absolute atomic E-state index is 0.0593. The van der Waals surface area contributed by atoms with Crippen LogP contribution in [-0.2, 0) is 9.53 Å². The number of nitro groups is 1. The Morgan fingerprint density at radius 1 is 1.19 bits per heavy atom. The summed E-state index contributed by atoms with van der Waals surface area (Å²) in [6.07, 6.45) is 1.44. The first kappa shape index (κ1) is 25.1. The molecular formula is C25H16BrClN2O7. The molecule has 0 bridgehead atoms. The summed E-state index contributed by atoms with van der Waals surface area (Å²) in [5, 5.41) is 11.2. The first-order valence-corrected chi connectivity index (χ1v) is 11.6. The molecule has 1 aliphatic heterocycles. The van der Waals surface area contributed by atoms with Gasteiger partial charge in [-0.25, -0.2) is 14.6 Å². The lowest BCUT2D eigenvalue weighted by Crippen LogP contribution is -2.10. The Morgan fingerprint density at radius 3 is 2.64 bits per heavy atom. The van der Waals surface area contributed by atoms with E-state index in [2.05, 4.69) is 20.9 Å². The topological polar surface area (TPSA) is 117 Å². The summed E-state index contributed by atoms with van der Waals surface area (Å²) in [6, 6.07) is 15.4. The quantitative estimate of drug-likeness (QED) is 0.113. The normalized spacial score (nSPS) is 13.8. The monoisotopic (exact) mass is 570 g/mol. The van der Waals surface area contributed by atoms with E-state index in [0.717, 1.165) is 0 Å². The lowest BCUT2D eigenvalue weighted by molar-refractivity contribution is -0.384. The third-order valence-electron chi connectivity index (χ3n) is 4.85. The number of hydrogen-bond acceptors (Lipinski definition) is 8.